The Kier molecular flexibility index (Phi) is 3.43. The lowest BCUT2D eigenvalue weighted by atomic mass is 10.0. The Bertz CT molecular complexity index is 550. The molecule has 2 heterocycles. The van der Waals surface area contributed by atoms with Crippen molar-refractivity contribution in [3.63, 3.8) is 0 Å². The van der Waals surface area contributed by atoms with Crippen molar-refractivity contribution in [3.05, 3.63) is 18.2 Å². The number of ether oxygens (including phenoxy) is 1. The average molecular weight is 289 g/mol. The summed E-state index contributed by atoms with van der Waals surface area (Å²) in [6.07, 6.45) is 2.24. The molecule has 5 heteroatoms. The third kappa shape index (κ3) is 2.91. The Morgan fingerprint density at radius 1 is 1.33 bits per heavy atom. The second-order valence-corrected chi connectivity index (χ2v) is 6.53. The van der Waals surface area contributed by atoms with Gasteiger partial charge in [0.25, 0.3) is 0 Å². The Balaban J connectivity index is 1.83. The van der Waals surface area contributed by atoms with Gasteiger partial charge in [0.15, 0.2) is 0 Å². The SMILES string of the molecule is CC1(C)CN(CC(=O)N2CCCC2)c2ccc(N)cc2O1. The van der Waals surface area contributed by atoms with Crippen LogP contribution in [0.1, 0.15) is 26.7 Å². The monoisotopic (exact) mass is 289 g/mol. The Hall–Kier alpha value is -1.91. The molecule has 5 nitrogen and oxygen atoms in total. The largest absolute Gasteiger partial charge is 0.484 e. The highest BCUT2D eigenvalue weighted by Gasteiger charge is 2.33. The first kappa shape index (κ1) is 14.0. The van der Waals surface area contributed by atoms with E-state index < -0.39 is 0 Å². The maximum atomic E-state index is 12.4. The van der Waals surface area contributed by atoms with E-state index in [1.165, 1.54) is 0 Å². The smallest absolute Gasteiger partial charge is 0.242 e. The maximum Gasteiger partial charge on any atom is 0.242 e. The lowest BCUT2D eigenvalue weighted by molar-refractivity contribution is -0.128. The Labute approximate surface area is 125 Å². The predicted octanol–water partition coefficient (Wildman–Crippen LogP) is 1.87. The van der Waals surface area contributed by atoms with Gasteiger partial charge in [0.1, 0.15) is 11.4 Å². The van der Waals surface area contributed by atoms with Crippen molar-refractivity contribution >= 4 is 17.3 Å². The van der Waals surface area contributed by atoms with E-state index in [0.29, 0.717) is 18.8 Å². The van der Waals surface area contributed by atoms with Crippen LogP contribution in [-0.2, 0) is 4.79 Å². The molecule has 1 saturated heterocycles. The van der Waals surface area contributed by atoms with Crippen LogP contribution < -0.4 is 15.4 Å². The molecule has 0 saturated carbocycles. The fourth-order valence-electron chi connectivity index (χ4n) is 3.12. The van der Waals surface area contributed by atoms with Gasteiger partial charge in [0, 0.05) is 24.8 Å². The number of rotatable bonds is 2. The summed E-state index contributed by atoms with van der Waals surface area (Å²) in [6, 6.07) is 5.63. The summed E-state index contributed by atoms with van der Waals surface area (Å²) in [5.74, 6) is 0.966. The molecule has 0 bridgehead atoms. The van der Waals surface area contributed by atoms with E-state index in [1.54, 1.807) is 0 Å². The van der Waals surface area contributed by atoms with Gasteiger partial charge in [-0.05, 0) is 38.8 Å². The van der Waals surface area contributed by atoms with Gasteiger partial charge >= 0.3 is 0 Å². The van der Waals surface area contributed by atoms with Crippen LogP contribution in [0.25, 0.3) is 0 Å². The third-order valence-corrected chi connectivity index (χ3v) is 4.07. The fraction of sp³-hybridized carbons (Fsp3) is 0.562. The van der Waals surface area contributed by atoms with Crippen molar-refractivity contribution in [3.8, 4) is 5.75 Å². The van der Waals surface area contributed by atoms with Gasteiger partial charge in [-0.3, -0.25) is 4.79 Å². The molecule has 2 aliphatic rings. The molecule has 1 fully saturated rings. The van der Waals surface area contributed by atoms with E-state index in [-0.39, 0.29) is 11.5 Å². The van der Waals surface area contributed by atoms with Crippen LogP contribution in [0, 0.1) is 0 Å². The van der Waals surface area contributed by atoms with Gasteiger partial charge < -0.3 is 20.3 Å². The molecule has 3 rings (SSSR count). The molecular weight excluding hydrogens is 266 g/mol. The molecule has 2 N–H and O–H groups in total. The number of carbonyl (C=O) groups excluding carboxylic acids is 1. The normalized spacial score (nSPS) is 20.1. The van der Waals surface area contributed by atoms with Gasteiger partial charge in [-0.2, -0.15) is 0 Å². The fourth-order valence-corrected chi connectivity index (χ4v) is 3.12. The molecule has 0 atom stereocenters. The summed E-state index contributed by atoms with van der Waals surface area (Å²) in [5.41, 5.74) is 7.15. The van der Waals surface area contributed by atoms with E-state index in [1.807, 2.05) is 36.9 Å². The first-order valence-corrected chi connectivity index (χ1v) is 7.56. The number of carbonyl (C=O) groups is 1. The minimum atomic E-state index is -0.327. The number of anilines is 2. The van der Waals surface area contributed by atoms with E-state index in [2.05, 4.69) is 4.90 Å². The van der Waals surface area contributed by atoms with Gasteiger partial charge in [-0.1, -0.05) is 0 Å². The molecule has 1 aromatic rings. The average Bonchev–Trinajstić information content (AvgIpc) is 2.90. The Morgan fingerprint density at radius 3 is 2.76 bits per heavy atom. The highest BCUT2D eigenvalue weighted by atomic mass is 16.5. The van der Waals surface area contributed by atoms with Crippen LogP contribution in [0.5, 0.6) is 5.75 Å². The number of amides is 1. The van der Waals surface area contributed by atoms with Crippen molar-refractivity contribution in [2.75, 3.05) is 36.8 Å². The standard InChI is InChI=1S/C16H23N3O2/c1-16(2)11-19(10-15(20)18-7-3-4-8-18)13-6-5-12(17)9-14(13)21-16/h5-6,9H,3-4,7-8,10-11,17H2,1-2H3. The van der Waals surface area contributed by atoms with E-state index in [0.717, 1.165) is 37.4 Å². The van der Waals surface area contributed by atoms with Crippen molar-refractivity contribution in [1.82, 2.24) is 4.90 Å². The lowest BCUT2D eigenvalue weighted by Crippen LogP contribution is -2.50. The van der Waals surface area contributed by atoms with Crippen LogP contribution in [0.4, 0.5) is 11.4 Å². The number of nitrogens with zero attached hydrogens (tertiary/aromatic N) is 2. The van der Waals surface area contributed by atoms with Crippen molar-refractivity contribution < 1.29 is 9.53 Å². The van der Waals surface area contributed by atoms with Crippen molar-refractivity contribution in [2.24, 2.45) is 0 Å². The molecule has 0 unspecified atom stereocenters. The minimum Gasteiger partial charge on any atom is -0.484 e. The van der Waals surface area contributed by atoms with Crippen LogP contribution in [0.15, 0.2) is 18.2 Å². The summed E-state index contributed by atoms with van der Waals surface area (Å²) in [5, 5.41) is 0. The molecular formula is C16H23N3O2. The molecule has 0 aromatic heterocycles. The molecule has 1 aromatic carbocycles. The van der Waals surface area contributed by atoms with Gasteiger partial charge in [0.05, 0.1) is 18.8 Å². The van der Waals surface area contributed by atoms with E-state index in [4.69, 9.17) is 10.5 Å². The predicted molar refractivity (Wildman–Crippen MR) is 83.6 cm³/mol. The molecule has 0 radical (unpaired) electrons. The summed E-state index contributed by atoms with van der Waals surface area (Å²) in [7, 11) is 0. The van der Waals surface area contributed by atoms with Crippen LogP contribution in [0.3, 0.4) is 0 Å². The molecule has 114 valence electrons. The lowest BCUT2D eigenvalue weighted by Gasteiger charge is -2.41. The summed E-state index contributed by atoms with van der Waals surface area (Å²) in [4.78, 5) is 16.5. The highest BCUT2D eigenvalue weighted by molar-refractivity contribution is 5.83. The Morgan fingerprint density at radius 2 is 2.05 bits per heavy atom. The summed E-state index contributed by atoms with van der Waals surface area (Å²) >= 11 is 0. The number of hydrogen-bond donors (Lipinski definition) is 1. The minimum absolute atomic E-state index is 0.202. The van der Waals surface area contributed by atoms with E-state index >= 15 is 0 Å². The van der Waals surface area contributed by atoms with Gasteiger partial charge in [-0.25, -0.2) is 0 Å². The molecule has 1 amide bonds. The summed E-state index contributed by atoms with van der Waals surface area (Å²) < 4.78 is 5.99. The summed E-state index contributed by atoms with van der Waals surface area (Å²) in [6.45, 7) is 6.95. The number of benzene rings is 1. The first-order chi connectivity index (χ1) is 9.94. The second-order valence-electron chi connectivity index (χ2n) is 6.53. The van der Waals surface area contributed by atoms with Crippen LogP contribution in [0.2, 0.25) is 0 Å². The molecule has 0 spiro atoms. The van der Waals surface area contributed by atoms with Crippen LogP contribution >= 0.6 is 0 Å². The zero-order valence-corrected chi connectivity index (χ0v) is 12.8. The highest BCUT2D eigenvalue weighted by Crippen LogP contribution is 2.38. The quantitative estimate of drug-likeness (QED) is 0.844. The topological polar surface area (TPSA) is 58.8 Å². The van der Waals surface area contributed by atoms with Gasteiger partial charge in [-0.15, -0.1) is 0 Å². The number of nitrogen functional groups attached to an aromatic ring is 1. The molecule has 21 heavy (non-hydrogen) atoms. The number of nitrogens with two attached hydrogens (primary N) is 1. The molecule has 2 aliphatic heterocycles. The van der Waals surface area contributed by atoms with Gasteiger partial charge in [0.2, 0.25) is 5.91 Å². The number of likely N-dealkylation sites (tertiary alicyclic amines) is 1. The number of hydrogen-bond acceptors (Lipinski definition) is 4. The van der Waals surface area contributed by atoms with Crippen LogP contribution in [-0.4, -0.2) is 42.6 Å². The zero-order chi connectivity index (χ0) is 15.0. The second kappa shape index (κ2) is 5.13. The third-order valence-electron chi connectivity index (χ3n) is 4.07. The number of fused-ring (bicyclic) bond motifs is 1. The van der Waals surface area contributed by atoms with Crippen molar-refractivity contribution in [2.45, 2.75) is 32.3 Å². The maximum absolute atomic E-state index is 12.4. The first-order valence-electron chi connectivity index (χ1n) is 7.56. The zero-order valence-electron chi connectivity index (χ0n) is 12.8. The van der Waals surface area contributed by atoms with E-state index in [9.17, 15) is 4.79 Å². The van der Waals surface area contributed by atoms with Crippen molar-refractivity contribution in [1.29, 1.82) is 0 Å². The molecule has 0 aliphatic carbocycles.